The summed E-state index contributed by atoms with van der Waals surface area (Å²) in [6.45, 7) is 0.0429. The molecular weight excluding hydrogens is 380 g/mol. The Kier molecular flexibility index (Phi) is 5.92. The largest absolute Gasteiger partial charge is 0.417 e. The number of alkyl halides is 3. The summed E-state index contributed by atoms with van der Waals surface area (Å²) < 4.78 is 38.3. The molecule has 2 rings (SSSR count). The number of nitrogens with one attached hydrogen (secondary N) is 2. The molecule has 0 aliphatic rings. The first-order chi connectivity index (χ1) is 11.7. The van der Waals surface area contributed by atoms with E-state index >= 15 is 0 Å². The lowest BCUT2D eigenvalue weighted by molar-refractivity contribution is -0.137. The van der Waals surface area contributed by atoms with Crippen molar-refractivity contribution in [3.8, 4) is 0 Å². The number of anilines is 1. The average Bonchev–Trinajstić information content (AvgIpc) is 2.53. The van der Waals surface area contributed by atoms with Crippen LogP contribution in [0.1, 0.15) is 11.1 Å². The van der Waals surface area contributed by atoms with Crippen molar-refractivity contribution < 1.29 is 22.8 Å². The summed E-state index contributed by atoms with van der Waals surface area (Å²) in [6, 6.07) is 9.44. The van der Waals surface area contributed by atoms with Gasteiger partial charge in [-0.2, -0.15) is 13.2 Å². The van der Waals surface area contributed by atoms with Crippen molar-refractivity contribution in [1.82, 2.24) is 5.32 Å². The van der Waals surface area contributed by atoms with Gasteiger partial charge in [0.2, 0.25) is 0 Å². The number of amides is 2. The molecule has 0 saturated carbocycles. The summed E-state index contributed by atoms with van der Waals surface area (Å²) in [5, 5.41) is 4.40. The summed E-state index contributed by atoms with van der Waals surface area (Å²) in [5.74, 6) is -2.10. The van der Waals surface area contributed by atoms with Crippen molar-refractivity contribution in [3.63, 3.8) is 0 Å². The molecule has 0 saturated heterocycles. The second-order valence-electron chi connectivity index (χ2n) is 4.96. The highest BCUT2D eigenvalue weighted by Gasteiger charge is 2.33. The number of hydrogen-bond acceptors (Lipinski definition) is 2. The van der Waals surface area contributed by atoms with Crippen LogP contribution < -0.4 is 10.6 Å². The summed E-state index contributed by atoms with van der Waals surface area (Å²) >= 11 is 11.3. The molecule has 0 unspecified atom stereocenters. The molecule has 0 bridgehead atoms. The normalized spacial score (nSPS) is 11.1. The van der Waals surface area contributed by atoms with Crippen molar-refractivity contribution in [3.05, 3.63) is 63.6 Å². The molecule has 132 valence electrons. The Morgan fingerprint density at radius 2 is 1.72 bits per heavy atom. The lowest BCUT2D eigenvalue weighted by atomic mass is 10.2. The molecule has 2 N–H and O–H groups in total. The van der Waals surface area contributed by atoms with Gasteiger partial charge in [-0.25, -0.2) is 0 Å². The highest BCUT2D eigenvalue weighted by molar-refractivity contribution is 6.39. The summed E-state index contributed by atoms with van der Waals surface area (Å²) in [6.07, 6.45) is -4.67. The van der Waals surface area contributed by atoms with E-state index in [9.17, 15) is 22.8 Å². The molecular formula is C16H11Cl2F3N2O2. The SMILES string of the molecule is O=C(NCc1cccc(Cl)c1)C(=O)Nc1ccc(Cl)c(C(F)(F)F)c1. The fourth-order valence-electron chi connectivity index (χ4n) is 1.92. The first-order valence-electron chi connectivity index (χ1n) is 6.87. The highest BCUT2D eigenvalue weighted by Crippen LogP contribution is 2.36. The molecule has 2 amide bonds. The van der Waals surface area contributed by atoms with E-state index in [0.29, 0.717) is 16.7 Å². The quantitative estimate of drug-likeness (QED) is 0.768. The lowest BCUT2D eigenvalue weighted by Gasteiger charge is -2.12. The van der Waals surface area contributed by atoms with Gasteiger partial charge in [0, 0.05) is 17.3 Å². The van der Waals surface area contributed by atoms with Crippen molar-refractivity contribution in [2.75, 3.05) is 5.32 Å². The Morgan fingerprint density at radius 1 is 1.00 bits per heavy atom. The van der Waals surface area contributed by atoms with Gasteiger partial charge in [-0.3, -0.25) is 9.59 Å². The van der Waals surface area contributed by atoms with Crippen LogP contribution in [0.15, 0.2) is 42.5 Å². The molecule has 0 aliphatic carbocycles. The number of benzene rings is 2. The third-order valence-corrected chi connectivity index (χ3v) is 3.64. The molecule has 0 aromatic heterocycles. The van der Waals surface area contributed by atoms with Crippen molar-refractivity contribution in [2.45, 2.75) is 12.7 Å². The first kappa shape index (κ1) is 19.1. The number of carbonyl (C=O) groups is 2. The van der Waals surface area contributed by atoms with Crippen LogP contribution in [0.25, 0.3) is 0 Å². The van der Waals surface area contributed by atoms with Gasteiger partial charge in [-0.05, 0) is 35.9 Å². The molecule has 0 radical (unpaired) electrons. The minimum absolute atomic E-state index is 0.0429. The molecule has 4 nitrogen and oxygen atoms in total. The summed E-state index contributed by atoms with van der Waals surface area (Å²) in [4.78, 5) is 23.5. The molecule has 0 fully saturated rings. The lowest BCUT2D eigenvalue weighted by Crippen LogP contribution is -2.35. The fourth-order valence-corrected chi connectivity index (χ4v) is 2.36. The maximum atomic E-state index is 12.8. The van der Waals surface area contributed by atoms with E-state index in [1.54, 1.807) is 24.3 Å². The first-order valence-corrected chi connectivity index (χ1v) is 7.63. The van der Waals surface area contributed by atoms with E-state index in [2.05, 4.69) is 10.6 Å². The molecule has 25 heavy (non-hydrogen) atoms. The minimum atomic E-state index is -4.67. The van der Waals surface area contributed by atoms with Crippen LogP contribution in [-0.2, 0) is 22.3 Å². The second-order valence-corrected chi connectivity index (χ2v) is 5.80. The van der Waals surface area contributed by atoms with Crippen LogP contribution in [0.4, 0.5) is 18.9 Å². The molecule has 2 aromatic carbocycles. The predicted molar refractivity (Wildman–Crippen MR) is 88.4 cm³/mol. The van der Waals surface area contributed by atoms with Gasteiger partial charge in [0.15, 0.2) is 0 Å². The van der Waals surface area contributed by atoms with E-state index in [1.807, 2.05) is 0 Å². The number of halogens is 5. The van der Waals surface area contributed by atoms with Crippen molar-refractivity contribution >= 4 is 40.7 Å². The zero-order valence-corrected chi connectivity index (χ0v) is 14.0. The Balaban J connectivity index is 2.00. The van der Waals surface area contributed by atoms with Crippen LogP contribution in [0.3, 0.4) is 0 Å². The van der Waals surface area contributed by atoms with E-state index in [1.165, 1.54) is 6.07 Å². The molecule has 0 atom stereocenters. The van der Waals surface area contributed by atoms with E-state index in [0.717, 1.165) is 6.07 Å². The van der Waals surface area contributed by atoms with E-state index in [4.69, 9.17) is 23.2 Å². The van der Waals surface area contributed by atoms with Crippen LogP contribution in [-0.4, -0.2) is 11.8 Å². The smallest absolute Gasteiger partial charge is 0.344 e. The topological polar surface area (TPSA) is 58.2 Å². The number of hydrogen-bond donors (Lipinski definition) is 2. The average molecular weight is 391 g/mol. The van der Waals surface area contributed by atoms with Gasteiger partial charge >= 0.3 is 18.0 Å². The van der Waals surface area contributed by atoms with Gasteiger partial charge in [0.25, 0.3) is 0 Å². The predicted octanol–water partition coefficient (Wildman–Crippen LogP) is 4.27. The highest BCUT2D eigenvalue weighted by atomic mass is 35.5. The molecule has 0 aliphatic heterocycles. The van der Waals surface area contributed by atoms with Gasteiger partial charge < -0.3 is 10.6 Å². The van der Waals surface area contributed by atoms with Gasteiger partial charge in [-0.15, -0.1) is 0 Å². The van der Waals surface area contributed by atoms with Crippen molar-refractivity contribution in [1.29, 1.82) is 0 Å². The van der Waals surface area contributed by atoms with Gasteiger partial charge in [-0.1, -0.05) is 35.3 Å². The van der Waals surface area contributed by atoms with Gasteiger partial charge in [0.05, 0.1) is 10.6 Å². The van der Waals surface area contributed by atoms with Crippen molar-refractivity contribution in [2.24, 2.45) is 0 Å². The van der Waals surface area contributed by atoms with Gasteiger partial charge in [0.1, 0.15) is 0 Å². The summed E-state index contributed by atoms with van der Waals surface area (Å²) in [7, 11) is 0. The standard InChI is InChI=1S/C16H11Cl2F3N2O2/c17-10-3-1-2-9(6-10)8-22-14(24)15(25)23-11-4-5-13(18)12(7-11)16(19,20)21/h1-7H,8H2,(H,22,24)(H,23,25). The molecule has 2 aromatic rings. The van der Waals surface area contributed by atoms with E-state index in [-0.39, 0.29) is 12.2 Å². The van der Waals surface area contributed by atoms with Crippen LogP contribution in [0, 0.1) is 0 Å². The molecule has 0 spiro atoms. The van der Waals surface area contributed by atoms with Crippen LogP contribution >= 0.6 is 23.2 Å². The molecule has 9 heteroatoms. The maximum absolute atomic E-state index is 12.8. The summed E-state index contributed by atoms with van der Waals surface area (Å²) in [5.41, 5.74) is -0.634. The van der Waals surface area contributed by atoms with Crippen LogP contribution in [0.5, 0.6) is 0 Å². The Labute approximate surface area is 150 Å². The number of carbonyl (C=O) groups excluding carboxylic acids is 2. The minimum Gasteiger partial charge on any atom is -0.344 e. The Morgan fingerprint density at radius 3 is 2.36 bits per heavy atom. The zero-order valence-electron chi connectivity index (χ0n) is 12.5. The molecule has 0 heterocycles. The third kappa shape index (κ3) is 5.37. The van der Waals surface area contributed by atoms with Crippen LogP contribution in [0.2, 0.25) is 10.0 Å². The second kappa shape index (κ2) is 7.76. The maximum Gasteiger partial charge on any atom is 0.417 e. The zero-order chi connectivity index (χ0) is 18.6. The monoisotopic (exact) mass is 390 g/mol. The van der Waals surface area contributed by atoms with E-state index < -0.39 is 28.6 Å². The number of rotatable bonds is 3. The fraction of sp³-hybridized carbons (Fsp3) is 0.125. The third-order valence-electron chi connectivity index (χ3n) is 3.08. The Bertz CT molecular complexity index is 810. The Hall–Kier alpha value is -2.25.